The third-order valence-electron chi connectivity index (χ3n) is 4.23. The number of ether oxygens (including phenoxy) is 1. The maximum absolute atomic E-state index is 12.2. The number of carbonyl (C=O) groups excluding carboxylic acids is 1. The lowest BCUT2D eigenvalue weighted by Crippen LogP contribution is -2.37. The fourth-order valence-electron chi connectivity index (χ4n) is 2.99. The second-order valence-corrected chi connectivity index (χ2v) is 5.70. The summed E-state index contributed by atoms with van der Waals surface area (Å²) in [5.41, 5.74) is 2.65. The van der Waals surface area contributed by atoms with Crippen LogP contribution >= 0.6 is 0 Å². The van der Waals surface area contributed by atoms with Gasteiger partial charge in [0.25, 0.3) is 0 Å². The molecule has 0 spiro atoms. The van der Waals surface area contributed by atoms with Gasteiger partial charge in [0.15, 0.2) is 0 Å². The zero-order valence-corrected chi connectivity index (χ0v) is 12.6. The molecule has 1 heterocycles. The molecule has 0 saturated heterocycles. The van der Waals surface area contributed by atoms with E-state index in [0.29, 0.717) is 16.9 Å². The fraction of sp³-hybridized carbons (Fsp3) is 0.412. The summed E-state index contributed by atoms with van der Waals surface area (Å²) in [6.45, 7) is 3.17. The van der Waals surface area contributed by atoms with E-state index in [1.807, 2.05) is 6.07 Å². The number of fused-ring (bicyclic) bond motifs is 3. The van der Waals surface area contributed by atoms with Gasteiger partial charge in [0.1, 0.15) is 17.4 Å². The van der Waals surface area contributed by atoms with E-state index in [-0.39, 0.29) is 5.63 Å². The lowest BCUT2D eigenvalue weighted by Gasteiger charge is -2.20. The van der Waals surface area contributed by atoms with Gasteiger partial charge in [-0.2, -0.15) is 0 Å². The molecule has 116 valence electrons. The molecular formula is C17H17O5-. The van der Waals surface area contributed by atoms with E-state index in [1.165, 1.54) is 6.92 Å². The van der Waals surface area contributed by atoms with Crippen molar-refractivity contribution in [2.24, 2.45) is 0 Å². The highest BCUT2D eigenvalue weighted by atomic mass is 16.5. The molecule has 5 heteroatoms. The van der Waals surface area contributed by atoms with Crippen LogP contribution in [0.15, 0.2) is 21.3 Å². The predicted octanol–water partition coefficient (Wildman–Crippen LogP) is 1.50. The van der Waals surface area contributed by atoms with E-state index in [9.17, 15) is 14.7 Å². The normalized spacial score (nSPS) is 15.4. The summed E-state index contributed by atoms with van der Waals surface area (Å²) in [7, 11) is 0. The quantitative estimate of drug-likeness (QED) is 0.803. The standard InChI is InChI=1S/C17H18O5/c1-9-14(21-10(2)16(18)19)8-7-12-11-5-3-4-6-13(11)17(20)22-15(9)12/h7-8,10H,3-6H2,1-2H3,(H,18,19)/p-1/t10-/m1/s1. The first-order valence-corrected chi connectivity index (χ1v) is 7.44. The summed E-state index contributed by atoms with van der Waals surface area (Å²) in [4.78, 5) is 23.0. The van der Waals surface area contributed by atoms with Crippen LogP contribution in [0.4, 0.5) is 0 Å². The highest BCUT2D eigenvalue weighted by molar-refractivity contribution is 5.86. The maximum atomic E-state index is 12.2. The van der Waals surface area contributed by atoms with Crippen molar-refractivity contribution in [1.82, 2.24) is 0 Å². The molecule has 1 aromatic heterocycles. The maximum Gasteiger partial charge on any atom is 0.339 e. The molecule has 0 saturated carbocycles. The van der Waals surface area contributed by atoms with E-state index in [2.05, 4.69) is 0 Å². The number of hydrogen-bond donors (Lipinski definition) is 0. The Kier molecular flexibility index (Phi) is 3.64. The molecule has 0 radical (unpaired) electrons. The Balaban J connectivity index is 2.16. The molecule has 3 rings (SSSR count). The minimum atomic E-state index is -1.29. The Hall–Kier alpha value is -2.30. The van der Waals surface area contributed by atoms with Gasteiger partial charge in [0.05, 0.1) is 5.97 Å². The van der Waals surface area contributed by atoms with Crippen molar-refractivity contribution in [1.29, 1.82) is 0 Å². The molecule has 0 amide bonds. The lowest BCUT2D eigenvalue weighted by atomic mass is 9.90. The number of rotatable bonds is 3. The van der Waals surface area contributed by atoms with Crippen LogP contribution in [0.1, 0.15) is 36.5 Å². The third kappa shape index (κ3) is 2.36. The topological polar surface area (TPSA) is 79.6 Å². The second-order valence-electron chi connectivity index (χ2n) is 5.70. The summed E-state index contributed by atoms with van der Waals surface area (Å²) in [6, 6.07) is 3.57. The van der Waals surface area contributed by atoms with Crippen LogP contribution < -0.4 is 15.5 Å². The largest absolute Gasteiger partial charge is 0.546 e. The smallest absolute Gasteiger partial charge is 0.339 e. The van der Waals surface area contributed by atoms with Gasteiger partial charge >= 0.3 is 5.63 Å². The number of carboxylic acids is 1. The van der Waals surface area contributed by atoms with Gasteiger partial charge in [0, 0.05) is 16.5 Å². The number of aliphatic carboxylic acids is 1. The summed E-state index contributed by atoms with van der Waals surface area (Å²) in [5, 5.41) is 11.7. The molecule has 0 N–H and O–H groups in total. The molecule has 1 atom stereocenters. The first-order chi connectivity index (χ1) is 10.5. The van der Waals surface area contributed by atoms with Crippen molar-refractivity contribution in [3.8, 4) is 5.75 Å². The Labute approximate surface area is 127 Å². The van der Waals surface area contributed by atoms with Gasteiger partial charge in [-0.25, -0.2) is 4.79 Å². The minimum absolute atomic E-state index is 0.296. The number of hydrogen-bond acceptors (Lipinski definition) is 5. The zero-order chi connectivity index (χ0) is 15.9. The summed E-state index contributed by atoms with van der Waals surface area (Å²) in [5.74, 6) is -0.894. The van der Waals surface area contributed by atoms with Gasteiger partial charge in [-0.05, 0) is 57.2 Å². The average Bonchev–Trinajstić information content (AvgIpc) is 2.51. The van der Waals surface area contributed by atoms with E-state index < -0.39 is 12.1 Å². The van der Waals surface area contributed by atoms with Gasteiger partial charge in [-0.3, -0.25) is 0 Å². The van der Waals surface area contributed by atoms with Gasteiger partial charge in [-0.15, -0.1) is 0 Å². The van der Waals surface area contributed by atoms with Crippen LogP contribution in [0.25, 0.3) is 11.0 Å². The van der Waals surface area contributed by atoms with Gasteiger partial charge in [0.2, 0.25) is 0 Å². The number of benzene rings is 1. The van der Waals surface area contributed by atoms with Crippen LogP contribution in [-0.4, -0.2) is 12.1 Å². The third-order valence-corrected chi connectivity index (χ3v) is 4.23. The van der Waals surface area contributed by atoms with E-state index in [1.54, 1.807) is 13.0 Å². The predicted molar refractivity (Wildman–Crippen MR) is 79.0 cm³/mol. The van der Waals surface area contributed by atoms with Crippen molar-refractivity contribution in [2.45, 2.75) is 45.6 Å². The SMILES string of the molecule is Cc1c(O[C@H](C)C(=O)[O-])ccc2c3c(c(=O)oc12)CCCC3. The first kappa shape index (κ1) is 14.6. The fourth-order valence-corrected chi connectivity index (χ4v) is 2.99. The molecule has 0 fully saturated rings. The van der Waals surface area contributed by atoms with Crippen molar-refractivity contribution < 1.29 is 19.1 Å². The van der Waals surface area contributed by atoms with Crippen molar-refractivity contribution in [2.75, 3.05) is 0 Å². The van der Waals surface area contributed by atoms with Crippen molar-refractivity contribution in [3.63, 3.8) is 0 Å². The summed E-state index contributed by atoms with van der Waals surface area (Å²) >= 11 is 0. The molecule has 1 aliphatic rings. The van der Waals surface area contributed by atoms with Crippen molar-refractivity contribution >= 4 is 16.9 Å². The summed E-state index contributed by atoms with van der Waals surface area (Å²) in [6.07, 6.45) is 2.62. The minimum Gasteiger partial charge on any atom is -0.546 e. The highest BCUT2D eigenvalue weighted by Gasteiger charge is 2.20. The molecule has 1 aromatic carbocycles. The zero-order valence-electron chi connectivity index (χ0n) is 12.6. The van der Waals surface area contributed by atoms with E-state index >= 15 is 0 Å². The second kappa shape index (κ2) is 5.48. The average molecular weight is 301 g/mol. The van der Waals surface area contributed by atoms with Crippen LogP contribution in [0.2, 0.25) is 0 Å². The molecule has 0 bridgehead atoms. The van der Waals surface area contributed by atoms with Gasteiger partial charge < -0.3 is 19.1 Å². The number of carboxylic acid groups (broad SMARTS) is 1. The van der Waals surface area contributed by atoms with E-state index in [4.69, 9.17) is 9.15 Å². The molecule has 5 nitrogen and oxygen atoms in total. The van der Waals surface area contributed by atoms with Crippen LogP contribution in [0.3, 0.4) is 0 Å². The van der Waals surface area contributed by atoms with Crippen LogP contribution in [-0.2, 0) is 17.6 Å². The molecule has 1 aliphatic carbocycles. The number of carbonyl (C=O) groups is 1. The molecule has 0 unspecified atom stereocenters. The monoisotopic (exact) mass is 301 g/mol. The van der Waals surface area contributed by atoms with E-state index in [0.717, 1.165) is 42.2 Å². The molecular weight excluding hydrogens is 284 g/mol. The lowest BCUT2D eigenvalue weighted by molar-refractivity contribution is -0.312. The van der Waals surface area contributed by atoms with Crippen molar-refractivity contribution in [3.05, 3.63) is 39.2 Å². The first-order valence-electron chi connectivity index (χ1n) is 7.44. The van der Waals surface area contributed by atoms with Crippen LogP contribution in [0.5, 0.6) is 5.75 Å². The Bertz CT molecular complexity index is 803. The Morgan fingerprint density at radius 1 is 1.27 bits per heavy atom. The van der Waals surface area contributed by atoms with Crippen LogP contribution in [0, 0.1) is 6.92 Å². The van der Waals surface area contributed by atoms with Gasteiger partial charge in [-0.1, -0.05) is 0 Å². The molecule has 2 aromatic rings. The molecule has 0 aliphatic heterocycles. The Morgan fingerprint density at radius 2 is 1.95 bits per heavy atom. The molecule has 22 heavy (non-hydrogen) atoms. The summed E-state index contributed by atoms with van der Waals surface area (Å²) < 4.78 is 10.8. The highest BCUT2D eigenvalue weighted by Crippen LogP contribution is 2.32. The number of aryl methyl sites for hydroxylation is 2. The Morgan fingerprint density at radius 3 is 2.64 bits per heavy atom.